The first-order valence-corrected chi connectivity index (χ1v) is 10.6. The first-order valence-electron chi connectivity index (χ1n) is 10.6. The molecule has 0 aliphatic carbocycles. The van der Waals surface area contributed by atoms with Crippen molar-refractivity contribution in [2.45, 2.75) is 33.2 Å². The number of amides is 1. The van der Waals surface area contributed by atoms with Crippen LogP contribution < -0.4 is 10.9 Å². The van der Waals surface area contributed by atoms with Gasteiger partial charge in [0, 0.05) is 34.4 Å². The highest BCUT2D eigenvalue weighted by Crippen LogP contribution is 2.29. The fourth-order valence-corrected chi connectivity index (χ4v) is 3.86. The van der Waals surface area contributed by atoms with E-state index in [9.17, 15) is 9.59 Å². The van der Waals surface area contributed by atoms with E-state index in [4.69, 9.17) is 13.4 Å². The van der Waals surface area contributed by atoms with Crippen molar-refractivity contribution >= 4 is 27.8 Å². The molecule has 0 bridgehead atoms. The summed E-state index contributed by atoms with van der Waals surface area (Å²) in [6, 6.07) is 13.1. The minimum Gasteiger partial charge on any atom is -0.464 e. The highest BCUT2D eigenvalue weighted by atomic mass is 16.5. The van der Waals surface area contributed by atoms with E-state index in [0.29, 0.717) is 28.4 Å². The molecule has 8 nitrogen and oxygen atoms in total. The SMILES string of the molecule is Cc1coc2cc3oc(=O)c(CCC(=O)NCc4nc(-c5ccccc5)no4)c(C)c3cc12. The highest BCUT2D eigenvalue weighted by molar-refractivity contribution is 5.96. The molecular formula is C25H21N3O5. The number of carbonyl (C=O) groups is 1. The van der Waals surface area contributed by atoms with Crippen LogP contribution in [0.2, 0.25) is 0 Å². The Morgan fingerprint density at radius 3 is 2.70 bits per heavy atom. The number of hydrogen-bond acceptors (Lipinski definition) is 7. The highest BCUT2D eigenvalue weighted by Gasteiger charge is 2.16. The van der Waals surface area contributed by atoms with Gasteiger partial charge in [0.15, 0.2) is 0 Å². The maximum absolute atomic E-state index is 12.6. The summed E-state index contributed by atoms with van der Waals surface area (Å²) in [5, 5.41) is 8.50. The third kappa shape index (κ3) is 4.03. The molecule has 1 N–H and O–H groups in total. The predicted molar refractivity (Wildman–Crippen MR) is 122 cm³/mol. The Labute approximate surface area is 188 Å². The molecule has 3 aromatic heterocycles. The monoisotopic (exact) mass is 443 g/mol. The van der Waals surface area contributed by atoms with E-state index in [1.807, 2.05) is 50.2 Å². The van der Waals surface area contributed by atoms with Crippen molar-refractivity contribution in [2.75, 3.05) is 0 Å². The van der Waals surface area contributed by atoms with E-state index >= 15 is 0 Å². The number of hydrogen-bond donors (Lipinski definition) is 1. The van der Waals surface area contributed by atoms with Crippen molar-refractivity contribution in [1.82, 2.24) is 15.5 Å². The third-order valence-corrected chi connectivity index (χ3v) is 5.71. The molecule has 0 spiro atoms. The number of nitrogens with zero attached hydrogens (tertiary/aromatic N) is 2. The largest absolute Gasteiger partial charge is 0.464 e. The van der Waals surface area contributed by atoms with Gasteiger partial charge < -0.3 is 18.7 Å². The first kappa shape index (κ1) is 20.7. The Kier molecular flexibility index (Phi) is 5.26. The van der Waals surface area contributed by atoms with Crippen LogP contribution in [0.15, 0.2) is 66.9 Å². The second-order valence-corrected chi connectivity index (χ2v) is 7.91. The third-order valence-electron chi connectivity index (χ3n) is 5.71. The van der Waals surface area contributed by atoms with Crippen LogP contribution in [0.25, 0.3) is 33.3 Å². The fourth-order valence-electron chi connectivity index (χ4n) is 3.86. The van der Waals surface area contributed by atoms with Gasteiger partial charge in [0.25, 0.3) is 0 Å². The topological polar surface area (TPSA) is 111 Å². The standard InChI is InChI=1S/C25H21N3O5/c1-14-13-31-20-11-21-19(10-18(14)20)15(2)17(25(30)32-21)8-9-22(29)26-12-23-27-24(28-33-23)16-6-4-3-5-7-16/h3-7,10-11,13H,8-9,12H2,1-2H3,(H,26,29). The molecule has 0 radical (unpaired) electrons. The second kappa shape index (κ2) is 8.38. The predicted octanol–water partition coefficient (Wildman–Crippen LogP) is 4.46. The summed E-state index contributed by atoms with van der Waals surface area (Å²) in [6.07, 6.45) is 2.07. The number of benzene rings is 2. The van der Waals surface area contributed by atoms with E-state index in [-0.39, 0.29) is 25.3 Å². The maximum atomic E-state index is 12.6. The molecule has 0 aliphatic heterocycles. The van der Waals surface area contributed by atoms with Crippen LogP contribution in [0.4, 0.5) is 0 Å². The lowest BCUT2D eigenvalue weighted by Gasteiger charge is -2.08. The van der Waals surface area contributed by atoms with Crippen molar-refractivity contribution in [1.29, 1.82) is 0 Å². The lowest BCUT2D eigenvalue weighted by molar-refractivity contribution is -0.121. The average molecular weight is 443 g/mol. The van der Waals surface area contributed by atoms with Crippen molar-refractivity contribution in [3.05, 3.63) is 81.7 Å². The fraction of sp³-hybridized carbons (Fsp3) is 0.200. The molecule has 33 heavy (non-hydrogen) atoms. The van der Waals surface area contributed by atoms with Crippen molar-refractivity contribution in [2.24, 2.45) is 0 Å². The molecule has 166 valence electrons. The summed E-state index contributed by atoms with van der Waals surface area (Å²) in [4.78, 5) is 29.2. The summed E-state index contributed by atoms with van der Waals surface area (Å²) in [7, 11) is 0. The van der Waals surface area contributed by atoms with Gasteiger partial charge in [-0.05, 0) is 37.5 Å². The van der Waals surface area contributed by atoms with Crippen molar-refractivity contribution in [3.8, 4) is 11.4 Å². The van der Waals surface area contributed by atoms with Crippen LogP contribution in [0.3, 0.4) is 0 Å². The zero-order chi connectivity index (χ0) is 22.9. The number of furan rings is 1. The van der Waals surface area contributed by atoms with E-state index in [1.54, 1.807) is 12.3 Å². The Bertz CT molecular complexity index is 1530. The van der Waals surface area contributed by atoms with Crippen LogP contribution >= 0.6 is 0 Å². The molecule has 2 aromatic carbocycles. The van der Waals surface area contributed by atoms with Crippen LogP contribution in [-0.4, -0.2) is 16.0 Å². The molecule has 8 heteroatoms. The molecule has 0 saturated carbocycles. The summed E-state index contributed by atoms with van der Waals surface area (Å²) in [5.74, 6) is 0.545. The number of nitrogens with one attached hydrogen (secondary N) is 1. The van der Waals surface area contributed by atoms with E-state index < -0.39 is 5.63 Å². The van der Waals surface area contributed by atoms with E-state index in [1.165, 1.54) is 0 Å². The second-order valence-electron chi connectivity index (χ2n) is 7.91. The van der Waals surface area contributed by atoms with Gasteiger partial charge in [0.05, 0.1) is 12.8 Å². The lowest BCUT2D eigenvalue weighted by atomic mass is 10.0. The number of fused-ring (bicyclic) bond motifs is 2. The molecule has 0 aliphatic rings. The molecule has 5 aromatic rings. The number of carbonyl (C=O) groups excluding carboxylic acids is 1. The number of aryl methyl sites for hydroxylation is 2. The molecule has 3 heterocycles. The normalized spacial score (nSPS) is 11.3. The van der Waals surface area contributed by atoms with Crippen LogP contribution in [-0.2, 0) is 17.8 Å². The van der Waals surface area contributed by atoms with E-state index in [2.05, 4.69) is 15.5 Å². The molecule has 5 rings (SSSR count). The van der Waals surface area contributed by atoms with Gasteiger partial charge in [0.1, 0.15) is 11.2 Å². The van der Waals surface area contributed by atoms with Crippen molar-refractivity contribution in [3.63, 3.8) is 0 Å². The Hall–Kier alpha value is -4.20. The molecule has 0 atom stereocenters. The summed E-state index contributed by atoms with van der Waals surface area (Å²) in [6.45, 7) is 3.95. The zero-order valence-corrected chi connectivity index (χ0v) is 18.2. The molecule has 0 unspecified atom stereocenters. The van der Waals surface area contributed by atoms with Crippen LogP contribution in [0, 0.1) is 13.8 Å². The van der Waals surface area contributed by atoms with Gasteiger partial charge >= 0.3 is 5.63 Å². The van der Waals surface area contributed by atoms with E-state index in [0.717, 1.165) is 27.5 Å². The number of aromatic nitrogens is 2. The van der Waals surface area contributed by atoms with Crippen LogP contribution in [0.1, 0.15) is 29.0 Å². The average Bonchev–Trinajstić information content (AvgIpc) is 3.44. The Morgan fingerprint density at radius 2 is 1.88 bits per heavy atom. The molecule has 0 fully saturated rings. The minimum absolute atomic E-state index is 0.113. The zero-order valence-electron chi connectivity index (χ0n) is 18.2. The first-order chi connectivity index (χ1) is 16.0. The lowest BCUT2D eigenvalue weighted by Crippen LogP contribution is -2.24. The molecular weight excluding hydrogens is 422 g/mol. The quantitative estimate of drug-likeness (QED) is 0.386. The van der Waals surface area contributed by atoms with Crippen LogP contribution in [0.5, 0.6) is 0 Å². The summed E-state index contributed by atoms with van der Waals surface area (Å²) < 4.78 is 16.2. The van der Waals surface area contributed by atoms with Gasteiger partial charge in [0.2, 0.25) is 17.6 Å². The van der Waals surface area contributed by atoms with Crippen molar-refractivity contribution < 1.29 is 18.2 Å². The maximum Gasteiger partial charge on any atom is 0.339 e. The van der Waals surface area contributed by atoms with Gasteiger partial charge in [-0.2, -0.15) is 4.98 Å². The summed E-state index contributed by atoms with van der Waals surface area (Å²) in [5.41, 5.74) is 3.84. The van der Waals surface area contributed by atoms with Gasteiger partial charge in [-0.15, -0.1) is 0 Å². The molecule has 0 saturated heterocycles. The number of rotatable bonds is 6. The summed E-state index contributed by atoms with van der Waals surface area (Å²) >= 11 is 0. The Morgan fingerprint density at radius 1 is 1.06 bits per heavy atom. The molecule has 1 amide bonds. The van der Waals surface area contributed by atoms with Gasteiger partial charge in [-0.3, -0.25) is 4.79 Å². The minimum atomic E-state index is -0.445. The van der Waals surface area contributed by atoms with Gasteiger partial charge in [-0.1, -0.05) is 35.5 Å². The Balaban J connectivity index is 1.27. The smallest absolute Gasteiger partial charge is 0.339 e. The van der Waals surface area contributed by atoms with Gasteiger partial charge in [-0.25, -0.2) is 4.79 Å².